The van der Waals surface area contributed by atoms with Crippen LogP contribution in [0.15, 0.2) is 17.0 Å². The normalized spacial score (nSPS) is 17.7. The molecule has 15 heavy (non-hydrogen) atoms. The Kier molecular flexibility index (Phi) is 3.53. The van der Waals surface area contributed by atoms with Gasteiger partial charge in [-0.25, -0.2) is 9.97 Å². The molecule has 1 saturated heterocycles. The quantitative estimate of drug-likeness (QED) is 0.883. The van der Waals surface area contributed by atoms with Crippen molar-refractivity contribution in [3.63, 3.8) is 0 Å². The first kappa shape index (κ1) is 10.8. The van der Waals surface area contributed by atoms with E-state index in [4.69, 9.17) is 0 Å². The molecule has 1 aromatic rings. The number of anilines is 1. The van der Waals surface area contributed by atoms with Gasteiger partial charge in [-0.2, -0.15) is 0 Å². The molecule has 0 bridgehead atoms. The Bertz CT molecular complexity index is 325. The second-order valence-corrected chi connectivity index (χ2v) is 4.64. The summed E-state index contributed by atoms with van der Waals surface area (Å²) < 4.78 is 0.964. The zero-order valence-corrected chi connectivity index (χ0v) is 10.4. The number of piperidine rings is 1. The van der Waals surface area contributed by atoms with Crippen molar-refractivity contribution in [2.75, 3.05) is 25.0 Å². The van der Waals surface area contributed by atoms with E-state index in [0.29, 0.717) is 6.04 Å². The molecular formula is C10H15BrN4. The highest BCUT2D eigenvalue weighted by molar-refractivity contribution is 9.10. The third-order valence-electron chi connectivity index (χ3n) is 2.84. The monoisotopic (exact) mass is 270 g/mol. The average molecular weight is 271 g/mol. The maximum Gasteiger partial charge on any atom is 0.146 e. The van der Waals surface area contributed by atoms with Crippen LogP contribution in [0.3, 0.4) is 0 Å². The predicted molar refractivity (Wildman–Crippen MR) is 64.0 cm³/mol. The standard InChI is InChI=1S/C10H15BrN4/c1-15(8-2-4-12-5-3-8)10-9(11)6-13-7-14-10/h6-8,12H,2-5H2,1H3. The van der Waals surface area contributed by atoms with Gasteiger partial charge in [0.1, 0.15) is 12.1 Å². The van der Waals surface area contributed by atoms with Crippen molar-refractivity contribution in [2.45, 2.75) is 18.9 Å². The molecule has 0 saturated carbocycles. The average Bonchev–Trinajstić information content (AvgIpc) is 2.30. The summed E-state index contributed by atoms with van der Waals surface area (Å²) in [4.78, 5) is 10.5. The molecule has 2 rings (SSSR count). The van der Waals surface area contributed by atoms with Crippen LogP contribution in [0.2, 0.25) is 0 Å². The highest BCUT2D eigenvalue weighted by Gasteiger charge is 2.20. The Hall–Kier alpha value is -0.680. The minimum Gasteiger partial charge on any atom is -0.356 e. The van der Waals surface area contributed by atoms with Gasteiger partial charge in [0.05, 0.1) is 4.47 Å². The molecule has 1 N–H and O–H groups in total. The summed E-state index contributed by atoms with van der Waals surface area (Å²) in [6, 6.07) is 0.581. The molecule has 0 amide bonds. The van der Waals surface area contributed by atoms with E-state index in [-0.39, 0.29) is 0 Å². The molecule has 1 aliphatic rings. The molecule has 4 nitrogen and oxygen atoms in total. The first-order chi connectivity index (χ1) is 7.29. The van der Waals surface area contributed by atoms with Crippen LogP contribution < -0.4 is 10.2 Å². The van der Waals surface area contributed by atoms with Crippen molar-refractivity contribution in [3.05, 3.63) is 17.0 Å². The minimum absolute atomic E-state index is 0.581. The summed E-state index contributed by atoms with van der Waals surface area (Å²) in [5, 5.41) is 3.36. The maximum absolute atomic E-state index is 4.30. The molecule has 1 fully saturated rings. The lowest BCUT2D eigenvalue weighted by Crippen LogP contribution is -2.41. The smallest absolute Gasteiger partial charge is 0.146 e. The molecule has 0 unspecified atom stereocenters. The van der Waals surface area contributed by atoms with Gasteiger partial charge < -0.3 is 10.2 Å². The SMILES string of the molecule is CN(c1ncncc1Br)C1CCNCC1. The number of nitrogens with one attached hydrogen (secondary N) is 1. The number of hydrogen-bond donors (Lipinski definition) is 1. The fourth-order valence-electron chi connectivity index (χ4n) is 1.93. The van der Waals surface area contributed by atoms with Gasteiger partial charge in [0.25, 0.3) is 0 Å². The first-order valence-corrected chi connectivity index (χ1v) is 5.97. The fraction of sp³-hybridized carbons (Fsp3) is 0.600. The molecular weight excluding hydrogens is 256 g/mol. The zero-order valence-electron chi connectivity index (χ0n) is 8.78. The van der Waals surface area contributed by atoms with E-state index in [1.165, 1.54) is 12.8 Å². The second kappa shape index (κ2) is 4.90. The van der Waals surface area contributed by atoms with E-state index in [1.807, 2.05) is 0 Å². The summed E-state index contributed by atoms with van der Waals surface area (Å²) in [5.41, 5.74) is 0. The number of hydrogen-bond acceptors (Lipinski definition) is 4. The lowest BCUT2D eigenvalue weighted by atomic mass is 10.1. The van der Waals surface area contributed by atoms with Crippen molar-refractivity contribution in [1.29, 1.82) is 0 Å². The van der Waals surface area contributed by atoms with E-state index in [0.717, 1.165) is 23.4 Å². The molecule has 0 atom stereocenters. The molecule has 82 valence electrons. The topological polar surface area (TPSA) is 41.1 Å². The molecule has 2 heterocycles. The minimum atomic E-state index is 0.581. The zero-order chi connectivity index (χ0) is 10.7. The van der Waals surface area contributed by atoms with Crippen molar-refractivity contribution in [2.24, 2.45) is 0 Å². The second-order valence-electron chi connectivity index (χ2n) is 3.79. The Labute approximate surface area is 98.2 Å². The summed E-state index contributed by atoms with van der Waals surface area (Å²) in [5.74, 6) is 0.983. The lowest BCUT2D eigenvalue weighted by molar-refractivity contribution is 0.441. The number of halogens is 1. The highest BCUT2D eigenvalue weighted by Crippen LogP contribution is 2.24. The van der Waals surface area contributed by atoms with Crippen LogP contribution >= 0.6 is 15.9 Å². The van der Waals surface area contributed by atoms with Crippen LogP contribution in [-0.2, 0) is 0 Å². The van der Waals surface area contributed by atoms with Gasteiger partial charge in [0, 0.05) is 19.3 Å². The number of nitrogens with zero attached hydrogens (tertiary/aromatic N) is 3. The van der Waals surface area contributed by atoms with Gasteiger partial charge in [-0.15, -0.1) is 0 Å². The summed E-state index contributed by atoms with van der Waals surface area (Å²) >= 11 is 3.48. The Morgan fingerprint density at radius 1 is 1.47 bits per heavy atom. The van der Waals surface area contributed by atoms with Gasteiger partial charge in [0.15, 0.2) is 0 Å². The van der Waals surface area contributed by atoms with Crippen LogP contribution in [0.25, 0.3) is 0 Å². The van der Waals surface area contributed by atoms with E-state index in [1.54, 1.807) is 12.5 Å². The van der Waals surface area contributed by atoms with Crippen molar-refractivity contribution in [3.8, 4) is 0 Å². The van der Waals surface area contributed by atoms with E-state index >= 15 is 0 Å². The summed E-state index contributed by atoms with van der Waals surface area (Å²) in [6.07, 6.45) is 5.73. The van der Waals surface area contributed by atoms with Crippen LogP contribution in [0.4, 0.5) is 5.82 Å². The van der Waals surface area contributed by atoms with Gasteiger partial charge in [-0.05, 0) is 41.9 Å². The Morgan fingerprint density at radius 3 is 2.87 bits per heavy atom. The highest BCUT2D eigenvalue weighted by atomic mass is 79.9. The summed E-state index contributed by atoms with van der Waals surface area (Å²) in [7, 11) is 2.10. The molecule has 5 heteroatoms. The largest absolute Gasteiger partial charge is 0.356 e. The third kappa shape index (κ3) is 2.46. The lowest BCUT2D eigenvalue weighted by Gasteiger charge is -2.32. The fourth-order valence-corrected chi connectivity index (χ4v) is 2.43. The molecule has 0 aliphatic carbocycles. The van der Waals surface area contributed by atoms with E-state index < -0.39 is 0 Å². The summed E-state index contributed by atoms with van der Waals surface area (Å²) in [6.45, 7) is 2.19. The first-order valence-electron chi connectivity index (χ1n) is 5.18. The van der Waals surface area contributed by atoms with Crippen LogP contribution in [0, 0.1) is 0 Å². The van der Waals surface area contributed by atoms with Gasteiger partial charge in [-0.1, -0.05) is 0 Å². The van der Waals surface area contributed by atoms with Crippen LogP contribution in [0.5, 0.6) is 0 Å². The van der Waals surface area contributed by atoms with E-state index in [2.05, 4.69) is 43.2 Å². The predicted octanol–water partition coefficient (Wildman–Crippen LogP) is 1.43. The molecule has 1 aliphatic heterocycles. The molecule has 0 radical (unpaired) electrons. The van der Waals surface area contributed by atoms with Crippen molar-refractivity contribution in [1.82, 2.24) is 15.3 Å². The maximum atomic E-state index is 4.30. The van der Waals surface area contributed by atoms with Gasteiger partial charge >= 0.3 is 0 Å². The van der Waals surface area contributed by atoms with Gasteiger partial charge in [0.2, 0.25) is 0 Å². The van der Waals surface area contributed by atoms with Crippen molar-refractivity contribution >= 4 is 21.7 Å². The Morgan fingerprint density at radius 2 is 2.20 bits per heavy atom. The van der Waals surface area contributed by atoms with Gasteiger partial charge in [-0.3, -0.25) is 0 Å². The van der Waals surface area contributed by atoms with Crippen LogP contribution in [0.1, 0.15) is 12.8 Å². The van der Waals surface area contributed by atoms with Crippen LogP contribution in [-0.4, -0.2) is 36.1 Å². The molecule has 1 aromatic heterocycles. The van der Waals surface area contributed by atoms with E-state index in [9.17, 15) is 0 Å². The molecule has 0 aromatic carbocycles. The third-order valence-corrected chi connectivity index (χ3v) is 3.40. The Balaban J connectivity index is 2.12. The number of rotatable bonds is 2. The molecule has 0 spiro atoms. The van der Waals surface area contributed by atoms with Crippen molar-refractivity contribution < 1.29 is 0 Å². The number of aromatic nitrogens is 2.